The predicted molar refractivity (Wildman–Crippen MR) is 74.0 cm³/mol. The van der Waals surface area contributed by atoms with Gasteiger partial charge in [0.2, 0.25) is 0 Å². The van der Waals surface area contributed by atoms with Gasteiger partial charge in [-0.25, -0.2) is 0 Å². The molecule has 19 heavy (non-hydrogen) atoms. The largest absolute Gasteiger partial charge is 0.485 e. The molecule has 0 fully saturated rings. The lowest BCUT2D eigenvalue weighted by Gasteiger charge is -2.30. The van der Waals surface area contributed by atoms with Crippen LogP contribution in [0.3, 0.4) is 0 Å². The Morgan fingerprint density at radius 1 is 1.32 bits per heavy atom. The first kappa shape index (κ1) is 12.2. The summed E-state index contributed by atoms with van der Waals surface area (Å²) < 4.78 is 7.97. The van der Waals surface area contributed by atoms with Gasteiger partial charge in [0, 0.05) is 36.3 Å². The van der Waals surface area contributed by atoms with E-state index in [2.05, 4.69) is 31.1 Å². The Balaban J connectivity index is 1.97. The number of fused-ring (bicyclic) bond motifs is 1. The van der Waals surface area contributed by atoms with Gasteiger partial charge >= 0.3 is 0 Å². The zero-order chi connectivity index (χ0) is 13.6. The van der Waals surface area contributed by atoms with Gasteiger partial charge in [0.15, 0.2) is 0 Å². The van der Waals surface area contributed by atoms with Gasteiger partial charge in [-0.3, -0.25) is 4.68 Å². The van der Waals surface area contributed by atoms with Gasteiger partial charge in [0.25, 0.3) is 0 Å². The Kier molecular flexibility index (Phi) is 2.82. The van der Waals surface area contributed by atoms with Crippen LogP contribution in [0.15, 0.2) is 24.4 Å². The van der Waals surface area contributed by atoms with Crippen LogP contribution in [0.4, 0.5) is 0 Å². The van der Waals surface area contributed by atoms with E-state index in [0.29, 0.717) is 0 Å². The number of rotatable bonds is 1. The van der Waals surface area contributed by atoms with Crippen molar-refractivity contribution < 1.29 is 4.74 Å². The molecule has 1 aromatic heterocycles. The molecule has 0 saturated heterocycles. The van der Waals surface area contributed by atoms with E-state index in [-0.39, 0.29) is 12.1 Å². The van der Waals surface area contributed by atoms with Crippen LogP contribution >= 0.6 is 0 Å². The molecular weight excluding hydrogens is 238 g/mol. The SMILES string of the molecule is Cc1ccc2c(c1)C(N)CC(c1cnn(C)c1C)O2. The van der Waals surface area contributed by atoms with Crippen molar-refractivity contribution in [2.24, 2.45) is 12.8 Å². The minimum absolute atomic E-state index is 0.00101. The van der Waals surface area contributed by atoms with Crippen molar-refractivity contribution in [2.45, 2.75) is 32.4 Å². The van der Waals surface area contributed by atoms with Crippen LogP contribution in [-0.4, -0.2) is 9.78 Å². The van der Waals surface area contributed by atoms with E-state index in [1.165, 1.54) is 5.56 Å². The normalized spacial score (nSPS) is 21.9. The summed E-state index contributed by atoms with van der Waals surface area (Å²) in [6.07, 6.45) is 2.67. The molecule has 2 N–H and O–H groups in total. The zero-order valence-corrected chi connectivity index (χ0v) is 11.6. The van der Waals surface area contributed by atoms with Crippen molar-refractivity contribution in [2.75, 3.05) is 0 Å². The monoisotopic (exact) mass is 257 g/mol. The molecule has 1 aromatic carbocycles. The average Bonchev–Trinajstić information content (AvgIpc) is 2.71. The van der Waals surface area contributed by atoms with Gasteiger partial charge < -0.3 is 10.5 Å². The molecule has 2 atom stereocenters. The predicted octanol–water partition coefficient (Wildman–Crippen LogP) is 2.56. The van der Waals surface area contributed by atoms with Crippen molar-refractivity contribution in [3.05, 3.63) is 46.8 Å². The van der Waals surface area contributed by atoms with E-state index in [0.717, 1.165) is 29.0 Å². The first-order valence-corrected chi connectivity index (χ1v) is 6.57. The number of nitrogens with zero attached hydrogens (tertiary/aromatic N) is 2. The first-order chi connectivity index (χ1) is 9.06. The maximum absolute atomic E-state index is 6.29. The van der Waals surface area contributed by atoms with E-state index in [9.17, 15) is 0 Å². The fraction of sp³-hybridized carbons (Fsp3) is 0.400. The second kappa shape index (κ2) is 4.38. The third-order valence-electron chi connectivity index (χ3n) is 3.92. The summed E-state index contributed by atoms with van der Waals surface area (Å²) in [5.74, 6) is 0.901. The van der Waals surface area contributed by atoms with Gasteiger partial charge in [-0.2, -0.15) is 5.10 Å². The summed E-state index contributed by atoms with van der Waals surface area (Å²) in [7, 11) is 1.94. The van der Waals surface area contributed by atoms with Gasteiger partial charge in [-0.1, -0.05) is 17.7 Å². The zero-order valence-electron chi connectivity index (χ0n) is 11.6. The number of hydrogen-bond donors (Lipinski definition) is 1. The molecule has 0 aliphatic carbocycles. The molecule has 0 bridgehead atoms. The fourth-order valence-electron chi connectivity index (χ4n) is 2.65. The van der Waals surface area contributed by atoms with Crippen LogP contribution in [0.25, 0.3) is 0 Å². The molecule has 4 heteroatoms. The first-order valence-electron chi connectivity index (χ1n) is 6.57. The van der Waals surface area contributed by atoms with Crippen LogP contribution in [-0.2, 0) is 7.05 Å². The molecule has 100 valence electrons. The van der Waals surface area contributed by atoms with Crippen molar-refractivity contribution in [3.8, 4) is 5.75 Å². The highest BCUT2D eigenvalue weighted by Crippen LogP contribution is 2.40. The number of hydrogen-bond acceptors (Lipinski definition) is 3. The third kappa shape index (κ3) is 2.02. The summed E-state index contributed by atoms with van der Waals surface area (Å²) in [6.45, 7) is 4.13. The molecule has 4 nitrogen and oxygen atoms in total. The van der Waals surface area contributed by atoms with Crippen LogP contribution in [0.1, 0.15) is 41.0 Å². The van der Waals surface area contributed by atoms with Crippen molar-refractivity contribution in [3.63, 3.8) is 0 Å². The van der Waals surface area contributed by atoms with Gasteiger partial charge in [0.05, 0.1) is 6.20 Å². The Morgan fingerprint density at radius 2 is 2.11 bits per heavy atom. The molecule has 0 spiro atoms. The molecule has 1 aliphatic heterocycles. The van der Waals surface area contributed by atoms with Crippen LogP contribution in [0.5, 0.6) is 5.75 Å². The molecule has 2 unspecified atom stereocenters. The second-order valence-corrected chi connectivity index (χ2v) is 5.30. The maximum atomic E-state index is 6.29. The lowest BCUT2D eigenvalue weighted by Crippen LogP contribution is -2.24. The molecule has 0 saturated carbocycles. The van der Waals surface area contributed by atoms with Crippen molar-refractivity contribution in [1.29, 1.82) is 0 Å². The van der Waals surface area contributed by atoms with Crippen molar-refractivity contribution in [1.82, 2.24) is 9.78 Å². The molecule has 2 heterocycles. The van der Waals surface area contributed by atoms with Crippen LogP contribution < -0.4 is 10.5 Å². The van der Waals surface area contributed by atoms with E-state index in [4.69, 9.17) is 10.5 Å². The molecule has 3 rings (SSSR count). The Labute approximate surface area is 113 Å². The standard InChI is InChI=1S/C15H19N3O/c1-9-4-5-14-11(6-9)13(16)7-15(19-14)12-8-17-18(3)10(12)2/h4-6,8,13,15H,7,16H2,1-3H3. The summed E-state index contributed by atoms with van der Waals surface area (Å²) in [5, 5.41) is 4.28. The number of nitrogens with two attached hydrogens (primary N) is 1. The van der Waals surface area contributed by atoms with E-state index in [1.807, 2.05) is 24.0 Å². The number of benzene rings is 1. The summed E-state index contributed by atoms with van der Waals surface area (Å²) in [6, 6.07) is 6.21. The van der Waals surface area contributed by atoms with Crippen LogP contribution in [0.2, 0.25) is 0 Å². The lowest BCUT2D eigenvalue weighted by atomic mass is 9.93. The highest BCUT2D eigenvalue weighted by molar-refractivity contribution is 5.41. The lowest BCUT2D eigenvalue weighted by molar-refractivity contribution is 0.160. The van der Waals surface area contributed by atoms with E-state index >= 15 is 0 Å². The summed E-state index contributed by atoms with van der Waals surface area (Å²) in [5.41, 5.74) is 10.9. The fourth-order valence-corrected chi connectivity index (χ4v) is 2.65. The molecule has 2 aromatic rings. The average molecular weight is 257 g/mol. The number of aromatic nitrogens is 2. The van der Waals surface area contributed by atoms with Gasteiger partial charge in [-0.05, 0) is 19.9 Å². The third-order valence-corrected chi connectivity index (χ3v) is 3.92. The Bertz CT molecular complexity index is 618. The molecule has 0 radical (unpaired) electrons. The maximum Gasteiger partial charge on any atom is 0.129 e. The number of ether oxygens (including phenoxy) is 1. The molecule has 0 amide bonds. The smallest absolute Gasteiger partial charge is 0.129 e. The number of aryl methyl sites for hydroxylation is 2. The molecular formula is C15H19N3O. The quantitative estimate of drug-likeness (QED) is 0.854. The van der Waals surface area contributed by atoms with Crippen molar-refractivity contribution >= 4 is 0 Å². The summed E-state index contributed by atoms with van der Waals surface area (Å²) >= 11 is 0. The molecule has 1 aliphatic rings. The van der Waals surface area contributed by atoms with Crippen LogP contribution in [0, 0.1) is 13.8 Å². The van der Waals surface area contributed by atoms with E-state index in [1.54, 1.807) is 0 Å². The van der Waals surface area contributed by atoms with Gasteiger partial charge in [0.1, 0.15) is 11.9 Å². The highest BCUT2D eigenvalue weighted by atomic mass is 16.5. The summed E-state index contributed by atoms with van der Waals surface area (Å²) in [4.78, 5) is 0. The Hall–Kier alpha value is -1.81. The second-order valence-electron chi connectivity index (χ2n) is 5.30. The van der Waals surface area contributed by atoms with E-state index < -0.39 is 0 Å². The Morgan fingerprint density at radius 3 is 2.79 bits per heavy atom. The highest BCUT2D eigenvalue weighted by Gasteiger charge is 2.29. The topological polar surface area (TPSA) is 53.1 Å². The minimum atomic E-state index is -0.00101. The van der Waals surface area contributed by atoms with Gasteiger partial charge in [-0.15, -0.1) is 0 Å². The minimum Gasteiger partial charge on any atom is -0.485 e.